The molecule has 1 atom stereocenters. The summed E-state index contributed by atoms with van der Waals surface area (Å²) < 4.78 is 19.1. The third-order valence-electron chi connectivity index (χ3n) is 7.57. The largest absolute Gasteiger partial charge is 0.542 e. The highest BCUT2D eigenvalue weighted by Crippen LogP contribution is 2.46. The summed E-state index contributed by atoms with van der Waals surface area (Å²) in [5.41, 5.74) is 6.24. The van der Waals surface area contributed by atoms with Crippen molar-refractivity contribution in [3.63, 3.8) is 0 Å². The lowest BCUT2D eigenvalue weighted by Crippen LogP contribution is -2.55. The van der Waals surface area contributed by atoms with Crippen LogP contribution in [0.5, 0.6) is 0 Å². The molecule has 0 saturated heterocycles. The zero-order valence-electron chi connectivity index (χ0n) is 19.5. The molecule has 0 saturated carbocycles. The fourth-order valence-corrected chi connectivity index (χ4v) is 9.27. The normalized spacial score (nSPS) is 20.0. The van der Waals surface area contributed by atoms with Gasteiger partial charge in [-0.3, -0.25) is 0 Å². The highest BCUT2D eigenvalue weighted by Gasteiger charge is 2.47. The standard InChI is InChI=1S/C29H28O4Si/c1-3-34(4-2)25-16-10-9-15-23(25)26-24(33-34)17-18-31-28(26)29(30)32-27-21-13-7-5-11-19(21)20-12-6-8-14-22(20)27/h5-16,27-28H,3-4,17-18H2,1-2H3/t28-/m0/s1. The van der Waals surface area contributed by atoms with Gasteiger partial charge in [-0.15, -0.1) is 0 Å². The average Bonchev–Trinajstić information content (AvgIpc) is 3.21. The van der Waals surface area contributed by atoms with Crippen LogP contribution >= 0.6 is 0 Å². The van der Waals surface area contributed by atoms with Gasteiger partial charge in [-0.1, -0.05) is 86.6 Å². The Morgan fingerprint density at radius 2 is 1.47 bits per heavy atom. The van der Waals surface area contributed by atoms with Crippen LogP contribution in [0.1, 0.15) is 43.1 Å². The predicted octanol–water partition coefficient (Wildman–Crippen LogP) is 5.72. The summed E-state index contributed by atoms with van der Waals surface area (Å²) in [6.07, 6.45) is -0.531. The zero-order chi connectivity index (χ0) is 23.3. The number of ether oxygens (including phenoxy) is 2. The van der Waals surface area contributed by atoms with Crippen molar-refractivity contribution in [3.05, 3.63) is 95.2 Å². The summed E-state index contributed by atoms with van der Waals surface area (Å²) in [5.74, 6) is 0.568. The van der Waals surface area contributed by atoms with Crippen molar-refractivity contribution < 1.29 is 18.7 Å². The van der Waals surface area contributed by atoms with E-state index in [9.17, 15) is 4.79 Å². The third-order valence-corrected chi connectivity index (χ3v) is 11.9. The van der Waals surface area contributed by atoms with Gasteiger partial charge in [-0.25, -0.2) is 4.79 Å². The lowest BCUT2D eigenvalue weighted by Gasteiger charge is -2.42. The van der Waals surface area contributed by atoms with Crippen molar-refractivity contribution >= 4 is 25.0 Å². The maximum absolute atomic E-state index is 13.7. The second-order valence-corrected chi connectivity index (χ2v) is 13.3. The molecule has 4 nitrogen and oxygen atoms in total. The smallest absolute Gasteiger partial charge is 0.341 e. The summed E-state index contributed by atoms with van der Waals surface area (Å²) >= 11 is 0. The lowest BCUT2D eigenvalue weighted by atomic mass is 9.95. The van der Waals surface area contributed by atoms with Crippen molar-refractivity contribution in [1.82, 2.24) is 0 Å². The second-order valence-electron chi connectivity index (χ2n) is 9.18. The van der Waals surface area contributed by atoms with Gasteiger partial charge in [-0.2, -0.15) is 0 Å². The molecule has 0 bridgehead atoms. The minimum Gasteiger partial charge on any atom is -0.542 e. The van der Waals surface area contributed by atoms with Crippen LogP contribution in [0, 0.1) is 0 Å². The Kier molecular flexibility index (Phi) is 5.19. The van der Waals surface area contributed by atoms with Gasteiger partial charge >= 0.3 is 5.97 Å². The van der Waals surface area contributed by atoms with Gasteiger partial charge in [0.15, 0.2) is 12.2 Å². The van der Waals surface area contributed by atoms with E-state index < -0.39 is 20.5 Å². The van der Waals surface area contributed by atoms with Gasteiger partial charge in [0, 0.05) is 23.1 Å². The van der Waals surface area contributed by atoms with Crippen LogP contribution < -0.4 is 5.19 Å². The number of benzene rings is 3. The van der Waals surface area contributed by atoms with Crippen LogP contribution in [0.25, 0.3) is 16.7 Å². The molecule has 6 rings (SSSR count). The van der Waals surface area contributed by atoms with Crippen LogP contribution in [0.15, 0.2) is 78.6 Å². The summed E-state index contributed by atoms with van der Waals surface area (Å²) in [6, 6.07) is 26.7. The van der Waals surface area contributed by atoms with E-state index in [1.54, 1.807) is 0 Å². The average molecular weight is 469 g/mol. The van der Waals surface area contributed by atoms with E-state index in [4.69, 9.17) is 13.9 Å². The summed E-state index contributed by atoms with van der Waals surface area (Å²) in [6.45, 7) is 4.90. The molecule has 0 unspecified atom stereocenters. The topological polar surface area (TPSA) is 44.8 Å². The molecule has 0 aromatic heterocycles. The minimum atomic E-state index is -2.12. The maximum atomic E-state index is 13.7. The van der Waals surface area contributed by atoms with Crippen molar-refractivity contribution in [2.75, 3.05) is 6.61 Å². The number of carbonyl (C=O) groups excluding carboxylic acids is 1. The molecule has 0 radical (unpaired) electrons. The first-order valence-electron chi connectivity index (χ1n) is 12.2. The van der Waals surface area contributed by atoms with Gasteiger partial charge in [-0.05, 0) is 34.0 Å². The van der Waals surface area contributed by atoms with E-state index in [0.717, 1.165) is 51.2 Å². The number of hydrogen-bond donors (Lipinski definition) is 0. The molecule has 0 fully saturated rings. The maximum Gasteiger partial charge on any atom is 0.341 e. The molecule has 1 aliphatic carbocycles. The molecule has 2 aliphatic heterocycles. The molecule has 3 aromatic rings. The van der Waals surface area contributed by atoms with Gasteiger partial charge in [0.1, 0.15) is 0 Å². The Hall–Kier alpha value is -3.15. The fourth-order valence-electron chi connectivity index (χ4n) is 5.81. The Bertz CT molecular complexity index is 1260. The zero-order valence-corrected chi connectivity index (χ0v) is 20.5. The summed E-state index contributed by atoms with van der Waals surface area (Å²) in [4.78, 5) is 13.7. The van der Waals surface area contributed by atoms with E-state index in [1.807, 2.05) is 42.5 Å². The molecule has 0 amide bonds. The van der Waals surface area contributed by atoms with Gasteiger partial charge in [0.05, 0.1) is 12.4 Å². The highest BCUT2D eigenvalue weighted by atomic mass is 28.4. The van der Waals surface area contributed by atoms with Crippen LogP contribution in [-0.4, -0.2) is 27.0 Å². The Balaban J connectivity index is 1.39. The van der Waals surface area contributed by atoms with E-state index in [0.29, 0.717) is 13.0 Å². The first-order chi connectivity index (χ1) is 16.7. The highest BCUT2D eigenvalue weighted by molar-refractivity contribution is 6.87. The Morgan fingerprint density at radius 1 is 0.882 bits per heavy atom. The molecular weight excluding hydrogens is 440 g/mol. The molecule has 5 heteroatoms. The molecule has 0 N–H and O–H groups in total. The van der Waals surface area contributed by atoms with E-state index in [2.05, 4.69) is 44.2 Å². The number of esters is 1. The van der Waals surface area contributed by atoms with Crippen molar-refractivity contribution in [1.29, 1.82) is 0 Å². The molecular formula is C29H28O4Si. The lowest BCUT2D eigenvalue weighted by molar-refractivity contribution is -0.157. The number of fused-ring (bicyclic) bond motifs is 5. The second kappa shape index (κ2) is 8.26. The molecule has 2 heterocycles. The third kappa shape index (κ3) is 3.11. The first kappa shape index (κ1) is 21.4. The summed E-state index contributed by atoms with van der Waals surface area (Å²) in [5, 5.41) is 1.26. The van der Waals surface area contributed by atoms with E-state index in [-0.39, 0.29) is 5.97 Å². The SMILES string of the molecule is CC[Si]1(CC)OC2=C(c3ccccc31)[C@@H](C(=O)OC1c3ccccc3-c3ccccc31)OCC2. The van der Waals surface area contributed by atoms with Crippen LogP contribution in [0.3, 0.4) is 0 Å². The summed E-state index contributed by atoms with van der Waals surface area (Å²) in [7, 11) is -2.12. The van der Waals surface area contributed by atoms with Crippen LogP contribution in [0.4, 0.5) is 0 Å². The monoisotopic (exact) mass is 468 g/mol. The van der Waals surface area contributed by atoms with Crippen LogP contribution in [-0.2, 0) is 18.7 Å². The first-order valence-corrected chi connectivity index (χ1v) is 14.5. The number of carbonyl (C=O) groups is 1. The van der Waals surface area contributed by atoms with Gasteiger partial charge < -0.3 is 13.9 Å². The fraction of sp³-hybridized carbons (Fsp3) is 0.276. The van der Waals surface area contributed by atoms with Crippen molar-refractivity contribution in [2.24, 2.45) is 0 Å². The molecule has 3 aliphatic rings. The molecule has 0 spiro atoms. The van der Waals surface area contributed by atoms with Gasteiger partial charge in [0.2, 0.25) is 0 Å². The molecule has 34 heavy (non-hydrogen) atoms. The van der Waals surface area contributed by atoms with Crippen molar-refractivity contribution in [2.45, 2.75) is 44.6 Å². The van der Waals surface area contributed by atoms with E-state index in [1.165, 1.54) is 5.19 Å². The minimum absolute atomic E-state index is 0.357. The Morgan fingerprint density at radius 3 is 2.12 bits per heavy atom. The van der Waals surface area contributed by atoms with Crippen molar-refractivity contribution in [3.8, 4) is 11.1 Å². The predicted molar refractivity (Wildman–Crippen MR) is 135 cm³/mol. The molecule has 172 valence electrons. The van der Waals surface area contributed by atoms with Gasteiger partial charge in [0.25, 0.3) is 8.32 Å². The van der Waals surface area contributed by atoms with Crippen LogP contribution in [0.2, 0.25) is 12.1 Å². The number of hydrogen-bond acceptors (Lipinski definition) is 4. The quantitative estimate of drug-likeness (QED) is 0.363. The Labute approximate surface area is 201 Å². The molecule has 3 aromatic carbocycles. The number of rotatable bonds is 4. The van der Waals surface area contributed by atoms with E-state index >= 15 is 0 Å².